The molecule has 0 bridgehead atoms. The Bertz CT molecular complexity index is 360. The number of hydrogen-bond acceptors (Lipinski definition) is 2. The molecular weight excluding hydrogens is 183 g/mol. The summed E-state index contributed by atoms with van der Waals surface area (Å²) in [7, 11) is 0. The summed E-state index contributed by atoms with van der Waals surface area (Å²) in [4.78, 5) is 12.3. The average molecular weight is 187 g/mol. The Morgan fingerprint density at radius 2 is 2.00 bits per heavy atom. The molecule has 5 heteroatoms. The minimum atomic E-state index is -1.99. The highest BCUT2D eigenvalue weighted by Gasteiger charge is 2.10. The number of aliphatic imine (C=N–C) groups is 1. The minimum Gasteiger partial charge on any atom is -0.215 e. The smallest absolute Gasteiger partial charge is 0.215 e. The van der Waals surface area contributed by atoms with Crippen LogP contribution in [0.1, 0.15) is 11.9 Å². The van der Waals surface area contributed by atoms with Crippen molar-refractivity contribution in [3.05, 3.63) is 35.4 Å². The van der Waals surface area contributed by atoms with Gasteiger partial charge in [0.1, 0.15) is 0 Å². The molecule has 0 spiro atoms. The van der Waals surface area contributed by atoms with Crippen molar-refractivity contribution in [1.29, 1.82) is 0 Å². The fraction of sp³-hybridized carbons (Fsp3) is 0.125. The first-order valence-corrected chi connectivity index (χ1v) is 3.31. The number of carbonyl (C=O) groups excluding carboxylic acids is 1. The third kappa shape index (κ3) is 2.16. The van der Waals surface area contributed by atoms with Crippen molar-refractivity contribution < 1.29 is 18.0 Å². The quantitative estimate of drug-likeness (QED) is 0.396. The van der Waals surface area contributed by atoms with Gasteiger partial charge in [0.2, 0.25) is 12.4 Å². The van der Waals surface area contributed by atoms with Crippen LogP contribution in [0.25, 0.3) is 0 Å². The molecule has 0 fully saturated rings. The number of alkyl halides is 1. The second kappa shape index (κ2) is 3.87. The lowest BCUT2D eigenvalue weighted by Gasteiger charge is -2.00. The number of halogens is 3. The van der Waals surface area contributed by atoms with Crippen LogP contribution in [0.3, 0.4) is 0 Å². The predicted molar refractivity (Wildman–Crippen MR) is 38.3 cm³/mol. The third-order valence-corrected chi connectivity index (χ3v) is 1.38. The molecule has 13 heavy (non-hydrogen) atoms. The third-order valence-electron chi connectivity index (χ3n) is 1.38. The van der Waals surface area contributed by atoms with E-state index in [0.29, 0.717) is 6.07 Å². The van der Waals surface area contributed by atoms with Crippen molar-refractivity contribution in [3.8, 4) is 0 Å². The van der Waals surface area contributed by atoms with Gasteiger partial charge in [-0.3, -0.25) is 0 Å². The lowest BCUT2D eigenvalue weighted by atomic mass is 10.2. The summed E-state index contributed by atoms with van der Waals surface area (Å²) in [5.74, 6) is -2.26. The number of rotatable bonds is 2. The van der Waals surface area contributed by atoms with Gasteiger partial charge in [-0.1, -0.05) is 6.07 Å². The monoisotopic (exact) mass is 187 g/mol. The Labute approximate surface area is 71.7 Å². The van der Waals surface area contributed by atoms with Crippen LogP contribution in [0.4, 0.5) is 13.2 Å². The first-order chi connectivity index (χ1) is 6.15. The molecule has 0 aliphatic rings. The van der Waals surface area contributed by atoms with E-state index < -0.39 is 17.9 Å². The van der Waals surface area contributed by atoms with E-state index in [0.717, 1.165) is 18.2 Å². The molecule has 1 unspecified atom stereocenters. The van der Waals surface area contributed by atoms with E-state index in [1.54, 1.807) is 0 Å². The molecule has 0 amide bonds. The maximum Gasteiger partial charge on any atom is 0.238 e. The Balaban J connectivity index is 3.03. The molecule has 0 heterocycles. The maximum atomic E-state index is 12.7. The highest BCUT2D eigenvalue weighted by Crippen LogP contribution is 2.19. The SMILES string of the molecule is O=C=NC(F)c1ccc(F)c(F)c1. The van der Waals surface area contributed by atoms with Gasteiger partial charge < -0.3 is 0 Å². The Kier molecular flexibility index (Phi) is 2.82. The summed E-state index contributed by atoms with van der Waals surface area (Å²) in [5.41, 5.74) is -0.220. The first-order valence-electron chi connectivity index (χ1n) is 3.31. The van der Waals surface area contributed by atoms with Crippen LogP contribution in [0.15, 0.2) is 23.2 Å². The Morgan fingerprint density at radius 3 is 2.54 bits per heavy atom. The van der Waals surface area contributed by atoms with Gasteiger partial charge in [-0.15, -0.1) is 0 Å². The second-order valence-corrected chi connectivity index (χ2v) is 2.23. The van der Waals surface area contributed by atoms with Crippen LogP contribution < -0.4 is 0 Å². The molecule has 1 rings (SSSR count). The van der Waals surface area contributed by atoms with E-state index in [-0.39, 0.29) is 5.56 Å². The molecular formula is C8H4F3NO. The van der Waals surface area contributed by atoms with Gasteiger partial charge in [-0.05, 0) is 12.1 Å². The zero-order valence-corrected chi connectivity index (χ0v) is 6.30. The van der Waals surface area contributed by atoms with Gasteiger partial charge in [0, 0.05) is 5.56 Å². The maximum absolute atomic E-state index is 12.7. The van der Waals surface area contributed by atoms with Gasteiger partial charge in [-0.25, -0.2) is 18.0 Å². The molecule has 0 N–H and O–H groups in total. The predicted octanol–water partition coefficient (Wildman–Crippen LogP) is 2.27. The summed E-state index contributed by atoms with van der Waals surface area (Å²) in [6.45, 7) is 0. The lowest BCUT2D eigenvalue weighted by molar-refractivity contribution is 0.354. The molecule has 1 aromatic carbocycles. The first kappa shape index (κ1) is 9.48. The summed E-state index contributed by atoms with van der Waals surface area (Å²) in [6.07, 6.45) is -1.01. The molecule has 0 radical (unpaired) electrons. The van der Waals surface area contributed by atoms with E-state index in [1.165, 1.54) is 0 Å². The van der Waals surface area contributed by atoms with Crippen molar-refractivity contribution in [1.82, 2.24) is 0 Å². The van der Waals surface area contributed by atoms with E-state index in [9.17, 15) is 18.0 Å². The van der Waals surface area contributed by atoms with E-state index in [1.807, 2.05) is 0 Å². The molecule has 1 aromatic rings. The van der Waals surface area contributed by atoms with Gasteiger partial charge in [0.25, 0.3) is 0 Å². The molecule has 0 saturated heterocycles. The molecule has 0 aliphatic heterocycles. The van der Waals surface area contributed by atoms with Crippen LogP contribution in [0, 0.1) is 11.6 Å². The summed E-state index contributed by atoms with van der Waals surface area (Å²) < 4.78 is 37.6. The zero-order valence-electron chi connectivity index (χ0n) is 6.30. The zero-order chi connectivity index (χ0) is 9.84. The van der Waals surface area contributed by atoms with Gasteiger partial charge >= 0.3 is 0 Å². The van der Waals surface area contributed by atoms with Crippen LogP contribution in [0.5, 0.6) is 0 Å². The second-order valence-electron chi connectivity index (χ2n) is 2.23. The molecule has 0 aromatic heterocycles. The fourth-order valence-corrected chi connectivity index (χ4v) is 0.781. The van der Waals surface area contributed by atoms with Crippen molar-refractivity contribution in [3.63, 3.8) is 0 Å². The largest absolute Gasteiger partial charge is 0.238 e. The van der Waals surface area contributed by atoms with E-state index >= 15 is 0 Å². The average Bonchev–Trinajstić information content (AvgIpc) is 2.10. The minimum absolute atomic E-state index is 0.220. The van der Waals surface area contributed by atoms with Crippen molar-refractivity contribution in [2.45, 2.75) is 6.30 Å². The van der Waals surface area contributed by atoms with Crippen LogP contribution in [-0.4, -0.2) is 6.08 Å². The molecule has 1 atom stereocenters. The van der Waals surface area contributed by atoms with Crippen LogP contribution in [0.2, 0.25) is 0 Å². The molecule has 0 aliphatic carbocycles. The topological polar surface area (TPSA) is 29.4 Å². The Morgan fingerprint density at radius 1 is 1.31 bits per heavy atom. The number of benzene rings is 1. The highest BCUT2D eigenvalue weighted by atomic mass is 19.2. The van der Waals surface area contributed by atoms with Crippen LogP contribution in [-0.2, 0) is 4.79 Å². The number of nitrogens with zero attached hydrogens (tertiary/aromatic N) is 1. The van der Waals surface area contributed by atoms with Gasteiger partial charge in [0.15, 0.2) is 11.6 Å². The molecule has 2 nitrogen and oxygen atoms in total. The summed E-state index contributed by atoms with van der Waals surface area (Å²) >= 11 is 0. The van der Waals surface area contributed by atoms with Gasteiger partial charge in [-0.2, -0.15) is 4.99 Å². The van der Waals surface area contributed by atoms with E-state index in [4.69, 9.17) is 0 Å². The Hall–Kier alpha value is -1.61. The van der Waals surface area contributed by atoms with E-state index in [2.05, 4.69) is 4.99 Å². The number of isocyanates is 1. The molecule has 68 valence electrons. The summed E-state index contributed by atoms with van der Waals surface area (Å²) in [5, 5.41) is 0. The van der Waals surface area contributed by atoms with Crippen molar-refractivity contribution in [2.24, 2.45) is 4.99 Å². The number of hydrogen-bond donors (Lipinski definition) is 0. The van der Waals surface area contributed by atoms with Gasteiger partial charge in [0.05, 0.1) is 0 Å². The normalized spacial score (nSPS) is 11.9. The lowest BCUT2D eigenvalue weighted by Crippen LogP contribution is -1.91. The fourth-order valence-electron chi connectivity index (χ4n) is 0.781. The van der Waals surface area contributed by atoms with Crippen LogP contribution >= 0.6 is 0 Å². The standard InChI is InChI=1S/C8H4F3NO/c9-6-2-1-5(3-7(6)10)8(11)12-4-13/h1-3,8H. The molecule has 0 saturated carbocycles. The highest BCUT2D eigenvalue weighted by molar-refractivity contribution is 5.34. The van der Waals surface area contributed by atoms with Crippen molar-refractivity contribution in [2.75, 3.05) is 0 Å². The summed E-state index contributed by atoms with van der Waals surface area (Å²) in [6, 6.07) is 2.41. The van der Waals surface area contributed by atoms with Crippen molar-refractivity contribution >= 4 is 6.08 Å².